The van der Waals surface area contributed by atoms with Gasteiger partial charge in [0, 0.05) is 25.1 Å². The van der Waals surface area contributed by atoms with Gasteiger partial charge in [-0.15, -0.1) is 10.2 Å². The van der Waals surface area contributed by atoms with Crippen LogP contribution in [0.15, 0.2) is 23.5 Å². The van der Waals surface area contributed by atoms with Crippen LogP contribution < -0.4 is 5.32 Å². The fourth-order valence-corrected chi connectivity index (χ4v) is 3.78. The fraction of sp³-hybridized carbons (Fsp3) is 0.562. The highest BCUT2D eigenvalue weighted by atomic mass is 32.2. The Morgan fingerprint density at radius 2 is 2.16 bits per heavy atom. The van der Waals surface area contributed by atoms with E-state index in [1.165, 1.54) is 37.9 Å². The van der Waals surface area contributed by atoms with E-state index in [9.17, 15) is 10.1 Å². The smallest absolute Gasteiger partial charge is 0.287 e. The molecule has 2 aromatic heterocycles. The van der Waals surface area contributed by atoms with Crippen molar-refractivity contribution in [3.63, 3.8) is 0 Å². The third kappa shape index (κ3) is 4.28. The number of nitrogens with one attached hydrogen (secondary N) is 1. The molecule has 25 heavy (non-hydrogen) atoms. The van der Waals surface area contributed by atoms with Crippen LogP contribution in [-0.4, -0.2) is 37.5 Å². The highest BCUT2D eigenvalue weighted by Crippen LogP contribution is 2.33. The summed E-state index contributed by atoms with van der Waals surface area (Å²) < 4.78 is 2.32. The molecule has 3 rings (SSSR count). The Bertz CT molecular complexity index is 712. The summed E-state index contributed by atoms with van der Waals surface area (Å²) in [5.74, 6) is 1.70. The molecule has 0 amide bonds. The summed E-state index contributed by atoms with van der Waals surface area (Å²) in [6, 6.07) is 3.62. The number of thioether (sulfide) groups is 1. The molecule has 1 fully saturated rings. The lowest BCUT2D eigenvalue weighted by Gasteiger charge is -2.16. The molecule has 0 atom stereocenters. The first-order valence-corrected chi connectivity index (χ1v) is 9.73. The fourth-order valence-electron chi connectivity index (χ4n) is 3.21. The predicted molar refractivity (Wildman–Crippen MR) is 97.0 cm³/mol. The monoisotopic (exact) mass is 362 g/mol. The molecule has 0 saturated heterocycles. The van der Waals surface area contributed by atoms with E-state index in [0.717, 1.165) is 30.4 Å². The van der Waals surface area contributed by atoms with Crippen LogP contribution in [0.3, 0.4) is 0 Å². The Morgan fingerprint density at radius 3 is 2.80 bits per heavy atom. The Hall–Kier alpha value is -2.16. The molecular formula is C16H22N6O2S. The molecule has 1 saturated carbocycles. The van der Waals surface area contributed by atoms with Crippen LogP contribution in [0.2, 0.25) is 0 Å². The van der Waals surface area contributed by atoms with Crippen LogP contribution in [0.1, 0.15) is 44.0 Å². The molecule has 0 aromatic carbocycles. The van der Waals surface area contributed by atoms with Gasteiger partial charge in [0.2, 0.25) is 0 Å². The van der Waals surface area contributed by atoms with Crippen molar-refractivity contribution >= 4 is 23.3 Å². The van der Waals surface area contributed by atoms with Crippen LogP contribution >= 0.6 is 11.8 Å². The molecule has 0 aliphatic heterocycles. The molecule has 0 radical (unpaired) electrons. The summed E-state index contributed by atoms with van der Waals surface area (Å²) in [5, 5.41) is 23.5. The van der Waals surface area contributed by atoms with Crippen molar-refractivity contribution in [3.05, 3.63) is 34.3 Å². The van der Waals surface area contributed by atoms with Gasteiger partial charge in [-0.1, -0.05) is 24.6 Å². The average molecular weight is 362 g/mol. The number of pyridine rings is 1. The first-order valence-electron chi connectivity index (χ1n) is 8.51. The number of hydrogen-bond donors (Lipinski definition) is 1. The molecule has 1 aliphatic carbocycles. The van der Waals surface area contributed by atoms with E-state index < -0.39 is 4.92 Å². The second kappa shape index (κ2) is 8.28. The SMILES string of the molecule is CSc1nnc(CCCNc2ccc([N+](=O)[O-])cn2)n1C1CCCC1. The first kappa shape index (κ1) is 17.7. The molecule has 0 spiro atoms. The average Bonchev–Trinajstić information content (AvgIpc) is 3.28. The molecule has 0 bridgehead atoms. The zero-order valence-electron chi connectivity index (χ0n) is 14.2. The minimum Gasteiger partial charge on any atom is -0.370 e. The number of anilines is 1. The Balaban J connectivity index is 1.53. The number of nitro groups is 1. The van der Waals surface area contributed by atoms with Crippen molar-refractivity contribution in [2.75, 3.05) is 18.1 Å². The summed E-state index contributed by atoms with van der Waals surface area (Å²) in [4.78, 5) is 14.2. The summed E-state index contributed by atoms with van der Waals surface area (Å²) in [6.07, 6.45) is 10.0. The van der Waals surface area contributed by atoms with E-state index in [0.29, 0.717) is 11.9 Å². The predicted octanol–water partition coefficient (Wildman–Crippen LogP) is 3.46. The number of aromatic nitrogens is 4. The maximum atomic E-state index is 10.6. The number of rotatable bonds is 8. The van der Waals surface area contributed by atoms with Crippen molar-refractivity contribution in [1.29, 1.82) is 0 Å². The number of aryl methyl sites for hydroxylation is 1. The maximum Gasteiger partial charge on any atom is 0.287 e. The van der Waals surface area contributed by atoms with Crippen molar-refractivity contribution in [1.82, 2.24) is 19.7 Å². The van der Waals surface area contributed by atoms with Crippen molar-refractivity contribution < 1.29 is 4.92 Å². The molecule has 0 unspecified atom stereocenters. The third-order valence-corrected chi connectivity index (χ3v) is 5.09. The van der Waals surface area contributed by atoms with E-state index in [1.54, 1.807) is 17.8 Å². The Labute approximate surface area is 150 Å². The van der Waals surface area contributed by atoms with Gasteiger partial charge in [-0.3, -0.25) is 10.1 Å². The lowest BCUT2D eigenvalue weighted by molar-refractivity contribution is -0.385. The normalized spacial score (nSPS) is 14.8. The molecule has 2 aromatic rings. The molecule has 1 aliphatic rings. The van der Waals surface area contributed by atoms with E-state index in [2.05, 4.69) is 25.1 Å². The second-order valence-corrected chi connectivity index (χ2v) is 6.87. The minimum atomic E-state index is -0.448. The Morgan fingerprint density at radius 1 is 1.36 bits per heavy atom. The van der Waals surface area contributed by atoms with Gasteiger partial charge in [-0.2, -0.15) is 0 Å². The van der Waals surface area contributed by atoms with Gasteiger partial charge in [0.25, 0.3) is 5.69 Å². The van der Waals surface area contributed by atoms with Crippen molar-refractivity contribution in [3.8, 4) is 0 Å². The molecule has 8 nitrogen and oxygen atoms in total. The van der Waals surface area contributed by atoms with E-state index in [4.69, 9.17) is 0 Å². The lowest BCUT2D eigenvalue weighted by atomic mass is 10.2. The van der Waals surface area contributed by atoms with Crippen molar-refractivity contribution in [2.45, 2.75) is 49.7 Å². The summed E-state index contributed by atoms with van der Waals surface area (Å²) in [5.41, 5.74) is -0.000176. The quantitative estimate of drug-likeness (QED) is 0.332. The van der Waals surface area contributed by atoms with Crippen LogP contribution in [0, 0.1) is 10.1 Å². The van der Waals surface area contributed by atoms with Gasteiger partial charge < -0.3 is 9.88 Å². The zero-order chi connectivity index (χ0) is 17.6. The Kier molecular flexibility index (Phi) is 5.85. The second-order valence-electron chi connectivity index (χ2n) is 6.10. The highest BCUT2D eigenvalue weighted by Gasteiger charge is 2.23. The lowest BCUT2D eigenvalue weighted by Crippen LogP contribution is -2.12. The van der Waals surface area contributed by atoms with Gasteiger partial charge in [0.1, 0.15) is 17.8 Å². The van der Waals surface area contributed by atoms with Crippen LogP contribution in [-0.2, 0) is 6.42 Å². The topological polar surface area (TPSA) is 98.8 Å². The van der Waals surface area contributed by atoms with Crippen molar-refractivity contribution in [2.24, 2.45) is 0 Å². The molecule has 1 N–H and O–H groups in total. The highest BCUT2D eigenvalue weighted by molar-refractivity contribution is 7.98. The molecule has 134 valence electrons. The standard InChI is InChI=1S/C16H22N6O2S/c1-25-16-20-19-15(21(16)12-5-2-3-6-12)7-4-10-17-14-9-8-13(11-18-14)22(23)24/h8-9,11-12H,2-7,10H2,1H3,(H,17,18). The van der Waals surface area contributed by atoms with Gasteiger partial charge in [0.05, 0.1) is 4.92 Å². The van der Waals surface area contributed by atoms with E-state index >= 15 is 0 Å². The molecule has 9 heteroatoms. The minimum absolute atomic E-state index is 0.000176. The summed E-state index contributed by atoms with van der Waals surface area (Å²) >= 11 is 1.65. The zero-order valence-corrected chi connectivity index (χ0v) is 15.0. The molecular weight excluding hydrogens is 340 g/mol. The molecule has 2 heterocycles. The van der Waals surface area contributed by atoms with Crippen LogP contribution in [0.5, 0.6) is 0 Å². The van der Waals surface area contributed by atoms with Gasteiger partial charge >= 0.3 is 0 Å². The summed E-state index contributed by atoms with van der Waals surface area (Å²) in [6.45, 7) is 0.733. The number of hydrogen-bond acceptors (Lipinski definition) is 7. The van der Waals surface area contributed by atoms with E-state index in [1.807, 2.05) is 6.26 Å². The van der Waals surface area contributed by atoms with Gasteiger partial charge in [0.15, 0.2) is 5.16 Å². The summed E-state index contributed by atoms with van der Waals surface area (Å²) in [7, 11) is 0. The van der Waals surface area contributed by atoms with Crippen LogP contribution in [0.4, 0.5) is 11.5 Å². The largest absolute Gasteiger partial charge is 0.370 e. The maximum absolute atomic E-state index is 10.6. The first-order chi connectivity index (χ1) is 12.2. The van der Waals surface area contributed by atoms with E-state index in [-0.39, 0.29) is 5.69 Å². The third-order valence-electron chi connectivity index (χ3n) is 4.45. The number of nitrogens with zero attached hydrogens (tertiary/aromatic N) is 5. The van der Waals surface area contributed by atoms with Gasteiger partial charge in [-0.25, -0.2) is 4.98 Å². The van der Waals surface area contributed by atoms with Gasteiger partial charge in [-0.05, 0) is 31.6 Å². The van der Waals surface area contributed by atoms with Crippen LogP contribution in [0.25, 0.3) is 0 Å².